The number of aldehydes is 2. The van der Waals surface area contributed by atoms with Crippen molar-refractivity contribution in [2.45, 2.75) is 69.5 Å². The smallest absolute Gasteiger partial charge is 0.264 e. The summed E-state index contributed by atoms with van der Waals surface area (Å²) in [5.41, 5.74) is 7.18. The van der Waals surface area contributed by atoms with Gasteiger partial charge in [-0.3, -0.25) is 28.8 Å². The van der Waals surface area contributed by atoms with Gasteiger partial charge in [-0.2, -0.15) is 0 Å². The molecule has 2 fully saturated rings. The molecule has 2 aliphatic heterocycles. The molecule has 2 aromatic rings. The Morgan fingerprint density at radius 1 is 0.946 bits per heavy atom. The van der Waals surface area contributed by atoms with Crippen LogP contribution in [-0.4, -0.2) is 134 Å². The predicted molar refractivity (Wildman–Crippen MR) is 216 cm³/mol. The zero-order valence-corrected chi connectivity index (χ0v) is 33.0. The van der Waals surface area contributed by atoms with Crippen LogP contribution >= 0.6 is 0 Å². The third-order valence-electron chi connectivity index (χ3n) is 9.52. The molecule has 2 unspecified atom stereocenters. The molecule has 2 amide bonds. The number of aromatic nitrogens is 1. The number of benzene rings is 1. The molecule has 1 aromatic carbocycles. The number of ether oxygens (including phenoxy) is 2. The maximum Gasteiger partial charge on any atom is 0.264 e. The molecule has 3 heterocycles. The number of pyridine rings is 1. The molecule has 0 radical (unpaired) electrons. The van der Waals surface area contributed by atoms with Crippen LogP contribution < -0.4 is 26.6 Å². The van der Waals surface area contributed by atoms with Crippen LogP contribution in [0.5, 0.6) is 0 Å². The van der Waals surface area contributed by atoms with Crippen molar-refractivity contribution in [1.29, 1.82) is 0 Å². The molecule has 306 valence electrons. The molecule has 0 bridgehead atoms. The Labute approximate surface area is 330 Å². The Balaban J connectivity index is 0.00000225. The van der Waals surface area contributed by atoms with Crippen LogP contribution in [0.25, 0.3) is 0 Å². The molecular formula is C38H55N9O8S. The van der Waals surface area contributed by atoms with Gasteiger partial charge in [-0.1, -0.05) is 18.9 Å². The normalized spacial score (nSPS) is 17.6. The SMILES string of the molecule is CNC.N/C=N/c1c(C=NC2CCN(S(=O)NCCOCCOCCNc3cccc4c3C(=O)N(C(C=O)CCC=O)C4=O)CC2)ccc(=O)n1C1CCCC1. The summed E-state index contributed by atoms with van der Waals surface area (Å²) in [7, 11) is 3.75. The number of carbonyl (C=O) groups excluding carboxylic acids is 4. The molecule has 1 saturated carbocycles. The third-order valence-corrected chi connectivity index (χ3v) is 10.8. The number of fused-ring (bicyclic) bond motifs is 1. The van der Waals surface area contributed by atoms with Crippen molar-refractivity contribution in [3.8, 4) is 0 Å². The van der Waals surface area contributed by atoms with Gasteiger partial charge in [0.2, 0.25) is 0 Å². The van der Waals surface area contributed by atoms with E-state index in [1.807, 2.05) is 18.4 Å². The number of rotatable bonds is 21. The van der Waals surface area contributed by atoms with E-state index in [0.717, 1.165) is 49.0 Å². The van der Waals surface area contributed by atoms with Crippen molar-refractivity contribution < 1.29 is 32.9 Å². The highest BCUT2D eigenvalue weighted by atomic mass is 32.2. The second-order valence-corrected chi connectivity index (χ2v) is 14.7. The van der Waals surface area contributed by atoms with E-state index in [1.54, 1.807) is 41.1 Å². The van der Waals surface area contributed by atoms with Crippen LogP contribution in [0.4, 0.5) is 11.5 Å². The van der Waals surface area contributed by atoms with Gasteiger partial charge < -0.3 is 35.4 Å². The number of hydrogen-bond donors (Lipinski definition) is 4. The minimum absolute atomic E-state index is 0.0628. The minimum atomic E-state index is -1.36. The van der Waals surface area contributed by atoms with Crippen molar-refractivity contribution in [1.82, 2.24) is 23.8 Å². The van der Waals surface area contributed by atoms with Crippen LogP contribution in [0.2, 0.25) is 0 Å². The number of imide groups is 1. The maximum absolute atomic E-state index is 13.1. The Bertz CT molecular complexity index is 1760. The summed E-state index contributed by atoms with van der Waals surface area (Å²) in [4.78, 5) is 71.0. The Morgan fingerprint density at radius 2 is 1.64 bits per heavy atom. The molecule has 18 heteroatoms. The largest absolute Gasteiger partial charge is 0.390 e. The number of piperidine rings is 1. The number of nitrogens with two attached hydrogens (primary N) is 1. The fourth-order valence-electron chi connectivity index (χ4n) is 6.85. The van der Waals surface area contributed by atoms with Crippen molar-refractivity contribution in [3.05, 3.63) is 57.4 Å². The number of carbonyl (C=O) groups is 4. The van der Waals surface area contributed by atoms with E-state index >= 15 is 0 Å². The molecule has 1 saturated heterocycles. The van der Waals surface area contributed by atoms with Crippen LogP contribution in [0, 0.1) is 0 Å². The number of aliphatic imine (C=N–C) groups is 2. The highest BCUT2D eigenvalue weighted by Crippen LogP contribution is 2.33. The second kappa shape index (κ2) is 23.6. The average Bonchev–Trinajstić information content (AvgIpc) is 3.83. The molecule has 17 nitrogen and oxygen atoms in total. The molecule has 0 spiro atoms. The van der Waals surface area contributed by atoms with E-state index in [4.69, 9.17) is 20.2 Å². The van der Waals surface area contributed by atoms with Crippen LogP contribution in [-0.2, 0) is 30.2 Å². The molecule has 56 heavy (non-hydrogen) atoms. The first-order chi connectivity index (χ1) is 27.3. The van der Waals surface area contributed by atoms with Gasteiger partial charge in [0, 0.05) is 62.2 Å². The van der Waals surface area contributed by atoms with Gasteiger partial charge in [0.05, 0.1) is 56.0 Å². The van der Waals surface area contributed by atoms with Crippen LogP contribution in [0.3, 0.4) is 0 Å². The van der Waals surface area contributed by atoms with Crippen molar-refractivity contribution in [2.24, 2.45) is 15.7 Å². The second-order valence-electron chi connectivity index (χ2n) is 13.4. The van der Waals surface area contributed by atoms with Gasteiger partial charge in [0.1, 0.15) is 18.4 Å². The van der Waals surface area contributed by atoms with Gasteiger partial charge >= 0.3 is 0 Å². The zero-order valence-electron chi connectivity index (χ0n) is 32.2. The summed E-state index contributed by atoms with van der Waals surface area (Å²) in [6.07, 6.45) is 9.87. The molecule has 2 atom stereocenters. The third kappa shape index (κ3) is 12.0. The van der Waals surface area contributed by atoms with Crippen LogP contribution in [0.1, 0.15) is 83.7 Å². The highest BCUT2D eigenvalue weighted by Gasteiger charge is 2.41. The fraction of sp³-hybridized carbons (Fsp3) is 0.553. The van der Waals surface area contributed by atoms with E-state index in [-0.39, 0.29) is 41.6 Å². The lowest BCUT2D eigenvalue weighted by molar-refractivity contribution is -0.112. The van der Waals surface area contributed by atoms with Gasteiger partial charge in [-0.05, 0) is 64.4 Å². The number of nitrogens with one attached hydrogen (secondary N) is 3. The summed E-state index contributed by atoms with van der Waals surface area (Å²) in [5.74, 6) is -0.583. The summed E-state index contributed by atoms with van der Waals surface area (Å²) in [5, 5.41) is 5.87. The van der Waals surface area contributed by atoms with Crippen molar-refractivity contribution >= 4 is 59.6 Å². The number of anilines is 1. The Kier molecular flexibility index (Phi) is 18.6. The molecular weight excluding hydrogens is 743 g/mol. The van der Waals surface area contributed by atoms with E-state index in [2.05, 4.69) is 20.3 Å². The van der Waals surface area contributed by atoms with E-state index in [9.17, 15) is 28.2 Å². The topological polar surface area (TPSA) is 219 Å². The van der Waals surface area contributed by atoms with E-state index in [0.29, 0.717) is 76.7 Å². The molecule has 5 rings (SSSR count). The monoisotopic (exact) mass is 797 g/mol. The van der Waals surface area contributed by atoms with E-state index < -0.39 is 29.0 Å². The number of amides is 2. The first-order valence-electron chi connectivity index (χ1n) is 19.1. The summed E-state index contributed by atoms with van der Waals surface area (Å²) >= 11 is -1.36. The summed E-state index contributed by atoms with van der Waals surface area (Å²) in [6.45, 7) is 3.33. The van der Waals surface area contributed by atoms with Gasteiger partial charge in [0.25, 0.3) is 17.4 Å². The lowest BCUT2D eigenvalue weighted by Crippen LogP contribution is -2.42. The Hall–Kier alpha value is -4.46. The first kappa shape index (κ1) is 44.3. The van der Waals surface area contributed by atoms with Gasteiger partial charge in [-0.15, -0.1) is 0 Å². The molecule has 3 aliphatic rings. The van der Waals surface area contributed by atoms with Crippen molar-refractivity contribution in [2.75, 3.05) is 72.0 Å². The average molecular weight is 798 g/mol. The molecule has 5 N–H and O–H groups in total. The van der Waals surface area contributed by atoms with Gasteiger partial charge in [-0.25, -0.2) is 18.2 Å². The standard InChI is InChI=1S/C36H48N8O8S.C2H7N/c37-25-40-34-26(10-11-32(47)43(34)28-5-1-2-6-28)23-39-27-12-16-42(17-13-27)53(50)41-15-20-52-22-21-51-19-14-38-31-9-3-8-30-33(31)36(49)44(35(30)48)29(24-46)7-4-18-45;1-3-2/h3,8-11,18,23-25,27-29,38,41H,1-2,4-7,12-17,19-22H2,(H2,37,40);3H,1-2H3. The lowest BCUT2D eigenvalue weighted by atomic mass is 10.1. The number of hydrogen-bond acceptors (Lipinski definition) is 12. The highest BCUT2D eigenvalue weighted by molar-refractivity contribution is 7.80. The summed E-state index contributed by atoms with van der Waals surface area (Å²) in [6, 6.07) is 7.38. The fourth-order valence-corrected chi connectivity index (χ4v) is 7.83. The predicted octanol–water partition coefficient (Wildman–Crippen LogP) is 1.76. The Morgan fingerprint density at radius 3 is 2.30 bits per heavy atom. The first-order valence-corrected chi connectivity index (χ1v) is 20.2. The number of nitrogens with zero attached hydrogens (tertiary/aromatic N) is 5. The molecule has 1 aromatic heterocycles. The maximum atomic E-state index is 13.1. The zero-order chi connectivity index (χ0) is 40.3. The summed E-state index contributed by atoms with van der Waals surface area (Å²) < 4.78 is 30.7. The quantitative estimate of drug-likeness (QED) is 0.0469. The lowest BCUT2D eigenvalue weighted by Gasteiger charge is -2.28. The van der Waals surface area contributed by atoms with E-state index in [1.165, 1.54) is 6.34 Å². The van der Waals surface area contributed by atoms with Gasteiger partial charge in [0.15, 0.2) is 11.2 Å². The van der Waals surface area contributed by atoms with Crippen molar-refractivity contribution in [3.63, 3.8) is 0 Å². The minimum Gasteiger partial charge on any atom is -0.390 e. The van der Waals surface area contributed by atoms with Crippen LogP contribution in [0.15, 0.2) is 45.1 Å². The molecule has 1 aliphatic carbocycles.